The van der Waals surface area contributed by atoms with Crippen molar-refractivity contribution in [2.75, 3.05) is 6.61 Å². The molecule has 13 heteroatoms. The molecule has 1 unspecified atom stereocenters. The third-order valence-corrected chi connectivity index (χ3v) is 6.64. The van der Waals surface area contributed by atoms with Gasteiger partial charge in [-0.1, -0.05) is 17.3 Å². The first kappa shape index (κ1) is 23.1. The molecule has 0 fully saturated rings. The molecular weight excluding hydrogens is 465 g/mol. The largest absolute Gasteiger partial charge is 0.471 e. The van der Waals surface area contributed by atoms with Gasteiger partial charge < -0.3 is 13.4 Å². The number of imidazole rings is 1. The van der Waals surface area contributed by atoms with Gasteiger partial charge in [-0.25, -0.2) is 14.5 Å². The van der Waals surface area contributed by atoms with E-state index < -0.39 is 19.6 Å². The second-order valence-electron chi connectivity index (χ2n) is 7.04. The van der Waals surface area contributed by atoms with Crippen LogP contribution >= 0.6 is 7.52 Å². The summed E-state index contributed by atoms with van der Waals surface area (Å²) in [5.41, 5.74) is 1.85. The van der Waals surface area contributed by atoms with Crippen molar-refractivity contribution in [3.8, 4) is 11.4 Å². The number of halogens is 4. The fourth-order valence-corrected chi connectivity index (χ4v) is 4.80. The third kappa shape index (κ3) is 5.47. The molecule has 0 saturated heterocycles. The zero-order valence-corrected chi connectivity index (χ0v) is 18.1. The quantitative estimate of drug-likeness (QED) is 0.277. The number of hydrogen-bond donors (Lipinski definition) is 1. The number of pyridine rings is 1. The Hall–Kier alpha value is -3.08. The van der Waals surface area contributed by atoms with E-state index in [9.17, 15) is 22.1 Å². The smallest absolute Gasteiger partial charge is 0.329 e. The zero-order valence-electron chi connectivity index (χ0n) is 17.2. The van der Waals surface area contributed by atoms with Crippen molar-refractivity contribution in [1.82, 2.24) is 24.6 Å². The average molecular weight is 483 g/mol. The van der Waals surface area contributed by atoms with Crippen LogP contribution in [0.4, 0.5) is 17.6 Å². The Morgan fingerprint density at radius 1 is 1.18 bits per heavy atom. The highest BCUT2D eigenvalue weighted by atomic mass is 31.2. The second-order valence-corrected chi connectivity index (χ2v) is 9.28. The van der Waals surface area contributed by atoms with E-state index in [1.165, 1.54) is 24.3 Å². The predicted octanol–water partition coefficient (Wildman–Crippen LogP) is 5.06. The molecule has 1 N–H and O–H groups in total. The first-order chi connectivity index (χ1) is 15.6. The van der Waals surface area contributed by atoms with Crippen molar-refractivity contribution in [3.05, 3.63) is 71.8 Å². The van der Waals surface area contributed by atoms with Crippen LogP contribution in [0.2, 0.25) is 0 Å². The van der Waals surface area contributed by atoms with Gasteiger partial charge in [0.25, 0.3) is 7.52 Å². The van der Waals surface area contributed by atoms with Gasteiger partial charge in [-0.3, -0.25) is 4.57 Å². The van der Waals surface area contributed by atoms with E-state index in [1.54, 1.807) is 35.9 Å². The van der Waals surface area contributed by atoms with E-state index in [0.29, 0.717) is 11.3 Å². The fourth-order valence-electron chi connectivity index (χ4n) is 3.09. The maximum Gasteiger partial charge on any atom is 0.471 e. The Kier molecular flexibility index (Phi) is 6.33. The molecule has 1 aromatic carbocycles. The summed E-state index contributed by atoms with van der Waals surface area (Å²) < 4.78 is 75.9. The summed E-state index contributed by atoms with van der Waals surface area (Å²) in [6.07, 6.45) is -1.55. The van der Waals surface area contributed by atoms with Gasteiger partial charge in [0, 0.05) is 24.5 Å². The maximum absolute atomic E-state index is 13.3. The SMILES string of the molecule is CCOP(=O)(Cc1cn2ccc(-c3noc(C(F)(F)F)n3)cc2n1)NCc1ccc(F)cc1. The van der Waals surface area contributed by atoms with E-state index >= 15 is 0 Å². The number of alkyl halides is 3. The van der Waals surface area contributed by atoms with Crippen LogP contribution < -0.4 is 5.09 Å². The summed E-state index contributed by atoms with van der Waals surface area (Å²) in [7, 11) is -3.34. The molecule has 0 aliphatic carbocycles. The summed E-state index contributed by atoms with van der Waals surface area (Å²) in [5.74, 6) is -2.03. The summed E-state index contributed by atoms with van der Waals surface area (Å²) in [6, 6.07) is 8.78. The van der Waals surface area contributed by atoms with Crippen LogP contribution in [0.25, 0.3) is 17.0 Å². The molecular formula is C20H18F4N5O3P. The van der Waals surface area contributed by atoms with Crippen molar-refractivity contribution in [2.45, 2.75) is 25.8 Å². The molecule has 0 bridgehead atoms. The van der Waals surface area contributed by atoms with Gasteiger partial charge >= 0.3 is 12.1 Å². The standard InChI is InChI=1S/C20H18F4N5O3P/c1-2-31-33(30,25-10-13-3-5-15(21)6-4-13)12-16-11-29-8-7-14(9-17(29)26-16)18-27-19(32-28-18)20(22,23)24/h3-9,11H,2,10,12H2,1H3,(H,25,30). The number of aromatic nitrogens is 4. The Bertz CT molecular complexity index is 1300. The number of nitrogens with zero attached hydrogens (tertiary/aromatic N) is 4. The third-order valence-electron chi connectivity index (χ3n) is 4.58. The van der Waals surface area contributed by atoms with E-state index in [4.69, 9.17) is 4.52 Å². The monoisotopic (exact) mass is 483 g/mol. The van der Waals surface area contributed by atoms with E-state index in [-0.39, 0.29) is 36.5 Å². The number of hydrogen-bond acceptors (Lipinski definition) is 6. The molecule has 3 heterocycles. The van der Waals surface area contributed by atoms with E-state index in [2.05, 4.69) is 24.7 Å². The minimum Gasteiger partial charge on any atom is -0.329 e. The lowest BCUT2D eigenvalue weighted by Crippen LogP contribution is -2.14. The van der Waals surface area contributed by atoms with Crippen LogP contribution in [0, 0.1) is 5.82 Å². The van der Waals surface area contributed by atoms with Crippen molar-refractivity contribution in [2.24, 2.45) is 0 Å². The highest BCUT2D eigenvalue weighted by Gasteiger charge is 2.38. The van der Waals surface area contributed by atoms with Crippen LogP contribution in [-0.2, 0) is 28.0 Å². The van der Waals surface area contributed by atoms with Gasteiger partial charge in [-0.15, -0.1) is 0 Å². The van der Waals surface area contributed by atoms with Gasteiger partial charge in [0.05, 0.1) is 18.5 Å². The predicted molar refractivity (Wildman–Crippen MR) is 110 cm³/mol. The lowest BCUT2D eigenvalue weighted by Gasteiger charge is -2.18. The summed E-state index contributed by atoms with van der Waals surface area (Å²) in [6.45, 7) is 2.11. The fraction of sp³-hybridized carbons (Fsp3) is 0.250. The first-order valence-corrected chi connectivity index (χ1v) is 11.6. The molecule has 4 rings (SSSR count). The highest BCUT2D eigenvalue weighted by Crippen LogP contribution is 2.46. The molecule has 1 atom stereocenters. The molecule has 33 heavy (non-hydrogen) atoms. The summed E-state index contributed by atoms with van der Waals surface area (Å²) in [4.78, 5) is 7.77. The Balaban J connectivity index is 1.53. The average Bonchev–Trinajstić information content (AvgIpc) is 3.40. The minimum absolute atomic E-state index is 0.0283. The zero-order chi connectivity index (χ0) is 23.6. The first-order valence-electron chi connectivity index (χ1n) is 9.77. The van der Waals surface area contributed by atoms with E-state index in [0.717, 1.165) is 5.56 Å². The second kappa shape index (κ2) is 9.05. The van der Waals surface area contributed by atoms with Gasteiger partial charge in [-0.2, -0.15) is 18.2 Å². The Morgan fingerprint density at radius 2 is 1.94 bits per heavy atom. The Morgan fingerprint density at radius 3 is 2.61 bits per heavy atom. The normalized spacial score (nSPS) is 14.0. The molecule has 3 aromatic heterocycles. The highest BCUT2D eigenvalue weighted by molar-refractivity contribution is 7.56. The lowest BCUT2D eigenvalue weighted by atomic mass is 10.2. The van der Waals surface area contributed by atoms with Crippen LogP contribution in [0.15, 0.2) is 53.3 Å². The molecule has 0 radical (unpaired) electrons. The van der Waals surface area contributed by atoms with Gasteiger partial charge in [0.1, 0.15) is 11.5 Å². The molecule has 0 saturated carbocycles. The van der Waals surface area contributed by atoms with Gasteiger partial charge in [0.2, 0.25) is 5.82 Å². The molecule has 0 aliphatic heterocycles. The Labute approximate surface area is 185 Å². The van der Waals surface area contributed by atoms with Crippen molar-refractivity contribution in [3.63, 3.8) is 0 Å². The molecule has 0 aliphatic rings. The number of benzene rings is 1. The number of rotatable bonds is 8. The molecule has 0 amide bonds. The van der Waals surface area contributed by atoms with Crippen LogP contribution in [0.3, 0.4) is 0 Å². The number of nitrogens with one attached hydrogen (secondary N) is 1. The van der Waals surface area contributed by atoms with Gasteiger partial charge in [0.15, 0.2) is 0 Å². The maximum atomic E-state index is 13.3. The topological polar surface area (TPSA) is 94.5 Å². The van der Waals surface area contributed by atoms with Crippen LogP contribution in [0.5, 0.6) is 0 Å². The van der Waals surface area contributed by atoms with Crippen molar-refractivity contribution < 1.29 is 31.2 Å². The molecule has 4 aromatic rings. The summed E-state index contributed by atoms with van der Waals surface area (Å²) >= 11 is 0. The summed E-state index contributed by atoms with van der Waals surface area (Å²) in [5, 5.41) is 6.27. The lowest BCUT2D eigenvalue weighted by molar-refractivity contribution is -0.159. The van der Waals surface area contributed by atoms with Crippen LogP contribution in [-0.4, -0.2) is 26.1 Å². The molecule has 8 nitrogen and oxygen atoms in total. The molecule has 0 spiro atoms. The molecule has 174 valence electrons. The van der Waals surface area contributed by atoms with Crippen molar-refractivity contribution >= 4 is 13.2 Å². The van der Waals surface area contributed by atoms with Crippen LogP contribution in [0.1, 0.15) is 24.1 Å². The van der Waals surface area contributed by atoms with E-state index in [1.807, 2.05) is 0 Å². The van der Waals surface area contributed by atoms with Gasteiger partial charge in [-0.05, 0) is 36.8 Å². The number of fused-ring (bicyclic) bond motifs is 1. The minimum atomic E-state index is -4.74. The van der Waals surface area contributed by atoms with Crippen molar-refractivity contribution in [1.29, 1.82) is 0 Å².